The Morgan fingerprint density at radius 3 is 2.89 bits per heavy atom. The first-order valence-electron chi connectivity index (χ1n) is 5.34. The van der Waals surface area contributed by atoms with Crippen molar-refractivity contribution in [3.8, 4) is 0 Å². The third kappa shape index (κ3) is 2.57. The molecule has 1 aromatic heterocycles. The first-order valence-corrected chi connectivity index (χ1v) is 5.34. The Morgan fingerprint density at radius 1 is 1.50 bits per heavy atom. The highest BCUT2D eigenvalue weighted by molar-refractivity contribution is 5.99. The molecular formula is C11H14N6O. The monoisotopic (exact) mass is 246 g/mol. The van der Waals surface area contributed by atoms with Gasteiger partial charge in [-0.1, -0.05) is 0 Å². The molecule has 0 spiro atoms. The van der Waals surface area contributed by atoms with E-state index in [1.165, 1.54) is 6.07 Å². The fraction of sp³-hybridized carbons (Fsp3) is 0.182. The van der Waals surface area contributed by atoms with Gasteiger partial charge in [0.1, 0.15) is 6.33 Å². The molecule has 1 heterocycles. The Kier molecular flexibility index (Phi) is 3.13. The van der Waals surface area contributed by atoms with Gasteiger partial charge in [-0.05, 0) is 18.2 Å². The van der Waals surface area contributed by atoms with Gasteiger partial charge in [0.2, 0.25) is 0 Å². The average Bonchev–Trinajstić information content (AvgIpc) is 2.73. The highest BCUT2D eigenvalue weighted by Crippen LogP contribution is 2.18. The number of aromatic nitrogens is 3. The molecule has 1 amide bonds. The van der Waals surface area contributed by atoms with Crippen molar-refractivity contribution in [2.75, 3.05) is 11.1 Å². The van der Waals surface area contributed by atoms with E-state index in [1.807, 2.05) is 0 Å². The number of anilines is 2. The normalized spacial score (nSPS) is 10.3. The summed E-state index contributed by atoms with van der Waals surface area (Å²) in [6.07, 6.45) is 1.61. The molecule has 5 N–H and O–H groups in total. The van der Waals surface area contributed by atoms with Gasteiger partial charge in [-0.25, -0.2) is 4.98 Å². The first-order chi connectivity index (χ1) is 8.56. The number of nitrogen functional groups attached to an aromatic ring is 1. The molecule has 0 bridgehead atoms. The van der Waals surface area contributed by atoms with E-state index in [0.717, 1.165) is 0 Å². The van der Waals surface area contributed by atoms with Crippen molar-refractivity contribution in [1.29, 1.82) is 0 Å². The lowest BCUT2D eigenvalue weighted by Gasteiger charge is -2.09. The van der Waals surface area contributed by atoms with Crippen LogP contribution in [0.25, 0.3) is 0 Å². The zero-order valence-corrected chi connectivity index (χ0v) is 9.92. The maximum absolute atomic E-state index is 11.3. The summed E-state index contributed by atoms with van der Waals surface area (Å²) in [5, 5.41) is 7.18. The van der Waals surface area contributed by atoms with Crippen molar-refractivity contribution >= 4 is 17.3 Å². The van der Waals surface area contributed by atoms with Gasteiger partial charge in [0.05, 0.1) is 12.1 Å². The maximum atomic E-state index is 11.3. The van der Waals surface area contributed by atoms with E-state index >= 15 is 0 Å². The Labute approximate surface area is 104 Å². The van der Waals surface area contributed by atoms with E-state index in [9.17, 15) is 4.79 Å². The number of carbonyl (C=O) groups excluding carboxylic acids is 1. The van der Waals surface area contributed by atoms with Gasteiger partial charge in [0, 0.05) is 18.4 Å². The molecule has 0 atom stereocenters. The molecule has 0 saturated carbocycles. The van der Waals surface area contributed by atoms with Crippen molar-refractivity contribution in [2.45, 2.75) is 6.54 Å². The molecule has 1 aromatic carbocycles. The number of aryl methyl sites for hydroxylation is 1. The molecule has 0 fully saturated rings. The molecule has 0 aliphatic rings. The molecular weight excluding hydrogens is 232 g/mol. The fourth-order valence-corrected chi connectivity index (χ4v) is 1.56. The highest BCUT2D eigenvalue weighted by atomic mass is 16.1. The van der Waals surface area contributed by atoms with Crippen LogP contribution in [0.3, 0.4) is 0 Å². The van der Waals surface area contributed by atoms with Crippen molar-refractivity contribution in [2.24, 2.45) is 12.8 Å². The molecule has 0 aliphatic heterocycles. The zero-order chi connectivity index (χ0) is 13.1. The minimum atomic E-state index is -0.529. The summed E-state index contributed by atoms with van der Waals surface area (Å²) in [5.41, 5.74) is 12.4. The number of nitrogens with zero attached hydrogens (tertiary/aromatic N) is 3. The summed E-state index contributed by atoms with van der Waals surface area (Å²) in [5.74, 6) is 0.100. The quantitative estimate of drug-likeness (QED) is 0.663. The van der Waals surface area contributed by atoms with E-state index in [0.29, 0.717) is 29.3 Å². The van der Waals surface area contributed by atoms with E-state index in [4.69, 9.17) is 11.5 Å². The number of nitrogens with two attached hydrogens (primary N) is 2. The summed E-state index contributed by atoms with van der Waals surface area (Å²) in [6, 6.07) is 4.94. The summed E-state index contributed by atoms with van der Waals surface area (Å²) in [6.45, 7) is 0.408. The van der Waals surface area contributed by atoms with Gasteiger partial charge in [-0.2, -0.15) is 5.10 Å². The van der Waals surface area contributed by atoms with Gasteiger partial charge >= 0.3 is 0 Å². The van der Waals surface area contributed by atoms with Crippen LogP contribution in [-0.4, -0.2) is 20.7 Å². The van der Waals surface area contributed by atoms with Gasteiger partial charge < -0.3 is 16.8 Å². The summed E-state index contributed by atoms with van der Waals surface area (Å²) < 4.78 is 1.61. The lowest BCUT2D eigenvalue weighted by atomic mass is 10.1. The Morgan fingerprint density at radius 2 is 2.28 bits per heavy atom. The average molecular weight is 246 g/mol. The number of amides is 1. The predicted molar refractivity (Wildman–Crippen MR) is 67.7 cm³/mol. The zero-order valence-electron chi connectivity index (χ0n) is 9.92. The number of primary amides is 1. The molecule has 7 heteroatoms. The van der Waals surface area contributed by atoms with Crippen LogP contribution in [0.1, 0.15) is 16.2 Å². The van der Waals surface area contributed by atoms with Crippen molar-refractivity contribution < 1.29 is 4.79 Å². The number of hydrogen-bond acceptors (Lipinski definition) is 5. The van der Waals surface area contributed by atoms with E-state index in [2.05, 4.69) is 15.4 Å². The molecule has 2 rings (SSSR count). The van der Waals surface area contributed by atoms with Crippen molar-refractivity contribution in [1.82, 2.24) is 14.8 Å². The van der Waals surface area contributed by atoms with Crippen molar-refractivity contribution in [3.63, 3.8) is 0 Å². The summed E-state index contributed by atoms with van der Waals surface area (Å²) in [7, 11) is 1.79. The molecule has 18 heavy (non-hydrogen) atoms. The largest absolute Gasteiger partial charge is 0.399 e. The number of rotatable bonds is 4. The number of hydrogen-bond donors (Lipinski definition) is 3. The third-order valence-electron chi connectivity index (χ3n) is 2.39. The molecule has 0 aliphatic carbocycles. The van der Waals surface area contributed by atoms with Gasteiger partial charge in [-0.3, -0.25) is 9.48 Å². The van der Waals surface area contributed by atoms with Crippen LogP contribution in [0.5, 0.6) is 0 Å². The molecule has 7 nitrogen and oxygen atoms in total. The minimum absolute atomic E-state index is 0.353. The number of carbonyl (C=O) groups is 1. The number of nitrogens with one attached hydrogen (secondary N) is 1. The third-order valence-corrected chi connectivity index (χ3v) is 2.39. The second kappa shape index (κ2) is 4.74. The van der Waals surface area contributed by atoms with Gasteiger partial charge in [0.15, 0.2) is 5.82 Å². The lowest BCUT2D eigenvalue weighted by Crippen LogP contribution is -2.15. The molecule has 2 aromatic rings. The van der Waals surface area contributed by atoms with Crippen LogP contribution in [0.4, 0.5) is 11.4 Å². The molecule has 94 valence electrons. The predicted octanol–water partition coefficient (Wildman–Crippen LogP) is 0.108. The van der Waals surface area contributed by atoms with E-state index in [-0.39, 0.29) is 0 Å². The van der Waals surface area contributed by atoms with Crippen LogP contribution >= 0.6 is 0 Å². The first kappa shape index (κ1) is 11.9. The van der Waals surface area contributed by atoms with Crippen molar-refractivity contribution in [3.05, 3.63) is 35.9 Å². The van der Waals surface area contributed by atoms with Crippen LogP contribution in [0, 0.1) is 0 Å². The Balaban J connectivity index is 2.16. The second-order valence-electron chi connectivity index (χ2n) is 3.86. The van der Waals surface area contributed by atoms with Crippen LogP contribution in [0.15, 0.2) is 24.5 Å². The molecule has 0 saturated heterocycles. The number of benzene rings is 1. The Hall–Kier alpha value is -2.57. The van der Waals surface area contributed by atoms with Gasteiger partial charge in [-0.15, -0.1) is 0 Å². The van der Waals surface area contributed by atoms with Gasteiger partial charge in [0.25, 0.3) is 5.91 Å². The lowest BCUT2D eigenvalue weighted by molar-refractivity contribution is 0.100. The fourth-order valence-electron chi connectivity index (χ4n) is 1.56. The van der Waals surface area contributed by atoms with E-state index in [1.54, 1.807) is 30.2 Å². The van der Waals surface area contributed by atoms with E-state index < -0.39 is 5.91 Å². The second-order valence-corrected chi connectivity index (χ2v) is 3.86. The molecule has 0 unspecified atom stereocenters. The Bertz CT molecular complexity index is 577. The maximum Gasteiger partial charge on any atom is 0.250 e. The topological polar surface area (TPSA) is 112 Å². The standard InChI is InChI=1S/C11H14N6O/c1-17-6-15-10(16-17)5-14-9-3-2-7(12)4-8(9)11(13)18/h2-4,6,14H,5,12H2,1H3,(H2,13,18). The van der Waals surface area contributed by atoms with Crippen LogP contribution in [-0.2, 0) is 13.6 Å². The SMILES string of the molecule is Cn1cnc(CNc2ccc(N)cc2C(N)=O)n1. The highest BCUT2D eigenvalue weighted by Gasteiger charge is 2.09. The van der Waals surface area contributed by atoms with Crippen LogP contribution < -0.4 is 16.8 Å². The minimum Gasteiger partial charge on any atom is -0.399 e. The summed E-state index contributed by atoms with van der Waals surface area (Å²) in [4.78, 5) is 15.4. The smallest absolute Gasteiger partial charge is 0.250 e. The summed E-state index contributed by atoms with van der Waals surface area (Å²) >= 11 is 0. The van der Waals surface area contributed by atoms with Crippen LogP contribution in [0.2, 0.25) is 0 Å². The molecule has 0 radical (unpaired) electrons.